The van der Waals surface area contributed by atoms with Crippen LogP contribution in [-0.4, -0.2) is 40.2 Å². The van der Waals surface area contributed by atoms with Gasteiger partial charge >= 0.3 is 11.9 Å². The number of anilines is 1. The third-order valence-corrected chi connectivity index (χ3v) is 8.10. The van der Waals surface area contributed by atoms with Crippen LogP contribution >= 0.6 is 0 Å². The molecule has 1 aromatic heterocycles. The summed E-state index contributed by atoms with van der Waals surface area (Å²) in [5, 5.41) is 0. The van der Waals surface area contributed by atoms with Crippen LogP contribution in [0.1, 0.15) is 34.0 Å². The van der Waals surface area contributed by atoms with Gasteiger partial charge in [0.25, 0.3) is 5.56 Å². The summed E-state index contributed by atoms with van der Waals surface area (Å²) in [6, 6.07) is 14.0. The number of nitrogens with zero attached hydrogens (tertiary/aromatic N) is 4. The van der Waals surface area contributed by atoms with Crippen LogP contribution in [-0.2, 0) is 25.8 Å². The van der Waals surface area contributed by atoms with Gasteiger partial charge in [0.1, 0.15) is 23.1 Å². The van der Waals surface area contributed by atoms with Gasteiger partial charge in [0.05, 0.1) is 18.7 Å². The highest BCUT2D eigenvalue weighted by Gasteiger charge is 2.35. The first-order valence-electron chi connectivity index (χ1n) is 14.3. The molecule has 0 bridgehead atoms. The van der Waals surface area contributed by atoms with Crippen LogP contribution in [0.4, 0.5) is 32.0 Å². The Morgan fingerprint density at radius 2 is 1.47 bits per heavy atom. The largest absolute Gasteiger partial charge is 0.416 e. The predicted octanol–water partition coefficient (Wildman–Crippen LogP) is 4.83. The van der Waals surface area contributed by atoms with Gasteiger partial charge in [-0.15, -0.1) is 0 Å². The van der Waals surface area contributed by atoms with Crippen molar-refractivity contribution >= 4 is 5.69 Å². The lowest BCUT2D eigenvalue weighted by atomic mass is 10.1. The fourth-order valence-corrected chi connectivity index (χ4v) is 5.66. The second-order valence-electron chi connectivity index (χ2n) is 11.0. The van der Waals surface area contributed by atoms with E-state index in [1.54, 1.807) is 40.1 Å². The molecule has 238 valence electrons. The lowest BCUT2D eigenvalue weighted by molar-refractivity contribution is -0.138. The number of piperazine rings is 1. The van der Waals surface area contributed by atoms with Gasteiger partial charge in [-0.25, -0.2) is 18.0 Å². The fourth-order valence-electron chi connectivity index (χ4n) is 5.66. The molecule has 3 aromatic carbocycles. The second kappa shape index (κ2) is 12.9. The Bertz CT molecular complexity index is 1780. The third kappa shape index (κ3) is 6.84. The monoisotopic (exact) mass is 631 g/mol. The maximum Gasteiger partial charge on any atom is 0.416 e. The number of nitrogens with two attached hydrogens (primary N) is 1. The van der Waals surface area contributed by atoms with E-state index in [4.69, 9.17) is 5.73 Å². The first kappa shape index (κ1) is 32.0. The van der Waals surface area contributed by atoms with Crippen LogP contribution in [0.2, 0.25) is 0 Å². The number of aromatic nitrogens is 2. The van der Waals surface area contributed by atoms with Crippen LogP contribution < -0.4 is 21.9 Å². The zero-order valence-corrected chi connectivity index (χ0v) is 24.3. The predicted molar refractivity (Wildman–Crippen MR) is 157 cm³/mol. The van der Waals surface area contributed by atoms with Crippen LogP contribution in [0.5, 0.6) is 0 Å². The molecule has 1 unspecified atom stereocenters. The van der Waals surface area contributed by atoms with Crippen molar-refractivity contribution in [2.45, 2.75) is 38.8 Å². The van der Waals surface area contributed by atoms with Crippen LogP contribution in [0.25, 0.3) is 0 Å². The molecule has 2 N–H and O–H groups in total. The lowest BCUT2D eigenvalue weighted by Gasteiger charge is -2.37. The maximum atomic E-state index is 14.7. The summed E-state index contributed by atoms with van der Waals surface area (Å²) >= 11 is 0. The van der Waals surface area contributed by atoms with E-state index in [-0.39, 0.29) is 61.8 Å². The van der Waals surface area contributed by atoms with E-state index in [2.05, 4.69) is 0 Å². The highest BCUT2D eigenvalue weighted by molar-refractivity contribution is 5.50. The fraction of sp³-hybridized carbons (Fsp3) is 0.312. The Hall–Kier alpha value is -4.36. The number of halogens is 6. The van der Waals surface area contributed by atoms with Crippen LogP contribution in [0.15, 0.2) is 76.3 Å². The molecule has 4 aromatic rings. The summed E-state index contributed by atoms with van der Waals surface area (Å²) < 4.78 is 85.7. The normalized spacial score (nSPS) is 15.0. The van der Waals surface area contributed by atoms with Crippen LogP contribution in [0, 0.1) is 24.4 Å². The Labute approximate surface area is 254 Å². The summed E-state index contributed by atoms with van der Waals surface area (Å²) in [7, 11) is 0. The van der Waals surface area contributed by atoms with Gasteiger partial charge in [-0.1, -0.05) is 42.5 Å². The quantitative estimate of drug-likeness (QED) is 0.282. The maximum absolute atomic E-state index is 14.7. The molecular weight excluding hydrogens is 600 g/mol. The molecule has 7 nitrogen and oxygen atoms in total. The molecule has 5 rings (SSSR count). The van der Waals surface area contributed by atoms with Crippen molar-refractivity contribution in [2.75, 3.05) is 31.1 Å². The van der Waals surface area contributed by atoms with Crippen molar-refractivity contribution in [1.82, 2.24) is 14.0 Å². The Balaban J connectivity index is 1.48. The Morgan fingerprint density at radius 3 is 2.09 bits per heavy atom. The van der Waals surface area contributed by atoms with Gasteiger partial charge in [0, 0.05) is 50.0 Å². The molecule has 13 heteroatoms. The van der Waals surface area contributed by atoms with E-state index in [0.717, 1.165) is 33.4 Å². The average Bonchev–Trinajstić information content (AvgIpc) is 3.00. The number of benzene rings is 3. The summed E-state index contributed by atoms with van der Waals surface area (Å²) in [6.45, 7) is 1.63. The Morgan fingerprint density at radius 1 is 0.822 bits per heavy atom. The van der Waals surface area contributed by atoms with Crippen molar-refractivity contribution in [1.29, 1.82) is 0 Å². The van der Waals surface area contributed by atoms with E-state index in [1.165, 1.54) is 13.0 Å². The minimum atomic E-state index is -4.73. The summed E-state index contributed by atoms with van der Waals surface area (Å²) in [5.74, 6) is -2.69. The summed E-state index contributed by atoms with van der Waals surface area (Å²) in [5.41, 5.74) is 4.45. The van der Waals surface area contributed by atoms with Crippen LogP contribution in [0.3, 0.4) is 0 Å². The lowest BCUT2D eigenvalue weighted by Crippen LogP contribution is -2.51. The molecule has 1 aliphatic heterocycles. The van der Waals surface area contributed by atoms with Gasteiger partial charge in [-0.05, 0) is 42.3 Å². The van der Waals surface area contributed by atoms with Crippen molar-refractivity contribution < 1.29 is 26.3 Å². The molecule has 1 atom stereocenters. The smallest absolute Gasteiger partial charge is 0.363 e. The number of rotatable bonds is 8. The van der Waals surface area contributed by atoms with E-state index < -0.39 is 53.0 Å². The molecule has 1 fully saturated rings. The topological polar surface area (TPSA) is 76.5 Å². The van der Waals surface area contributed by atoms with E-state index in [1.807, 2.05) is 0 Å². The number of alkyl halides is 3. The van der Waals surface area contributed by atoms with Gasteiger partial charge in [-0.2, -0.15) is 13.2 Å². The molecule has 1 aliphatic rings. The van der Waals surface area contributed by atoms with E-state index >= 15 is 0 Å². The molecule has 45 heavy (non-hydrogen) atoms. The van der Waals surface area contributed by atoms with Gasteiger partial charge < -0.3 is 10.6 Å². The van der Waals surface area contributed by atoms with Gasteiger partial charge in [-0.3, -0.25) is 18.8 Å². The SMILES string of the molecule is Cc1c(N2CCN(Cc3ccc(F)cc3C(F)(F)F)CC2)c(=O)n(CC(N)c2ccccc2)c(=O)n1Cc1c(F)cccc1F. The van der Waals surface area contributed by atoms with E-state index in [9.17, 15) is 35.9 Å². The standard InChI is InChI=1S/C32H31F6N5O2/c1-20-29(41-14-12-40(13-15-41)17-22-10-11-23(33)16-25(22)32(36,37)38)30(44)43(19-28(39)21-6-3-2-4-7-21)31(45)42(20)18-24-26(34)8-5-9-27(24)35/h2-11,16,28H,12-15,17-19,39H2,1H3. The minimum Gasteiger partial charge on any atom is -0.363 e. The zero-order chi connectivity index (χ0) is 32.5. The van der Waals surface area contributed by atoms with Crippen molar-refractivity contribution in [3.63, 3.8) is 0 Å². The van der Waals surface area contributed by atoms with Crippen molar-refractivity contribution in [3.05, 3.63) is 133 Å². The molecule has 0 radical (unpaired) electrons. The highest BCUT2D eigenvalue weighted by Crippen LogP contribution is 2.33. The molecule has 0 amide bonds. The molecule has 2 heterocycles. The Kier molecular flexibility index (Phi) is 9.21. The van der Waals surface area contributed by atoms with Gasteiger partial charge in [0.15, 0.2) is 0 Å². The third-order valence-electron chi connectivity index (χ3n) is 8.10. The number of hydrogen-bond donors (Lipinski definition) is 1. The molecule has 0 spiro atoms. The zero-order valence-electron chi connectivity index (χ0n) is 24.3. The molecular formula is C32H31F6N5O2. The first-order valence-corrected chi connectivity index (χ1v) is 14.3. The molecule has 0 aliphatic carbocycles. The highest BCUT2D eigenvalue weighted by atomic mass is 19.4. The molecule has 1 saturated heterocycles. The second-order valence-corrected chi connectivity index (χ2v) is 11.0. The van der Waals surface area contributed by atoms with E-state index in [0.29, 0.717) is 11.6 Å². The van der Waals surface area contributed by atoms with Crippen molar-refractivity contribution in [3.8, 4) is 0 Å². The van der Waals surface area contributed by atoms with Gasteiger partial charge in [0.2, 0.25) is 0 Å². The van der Waals surface area contributed by atoms with Crippen molar-refractivity contribution in [2.24, 2.45) is 5.73 Å². The minimum absolute atomic E-state index is 0.0775. The average molecular weight is 632 g/mol. The summed E-state index contributed by atoms with van der Waals surface area (Å²) in [4.78, 5) is 31.1. The first-order chi connectivity index (χ1) is 21.3. The summed E-state index contributed by atoms with van der Waals surface area (Å²) in [6.07, 6.45) is -4.73. The number of hydrogen-bond acceptors (Lipinski definition) is 5. The molecule has 0 saturated carbocycles.